The zero-order chi connectivity index (χ0) is 14.6. The van der Waals surface area contributed by atoms with Gasteiger partial charge in [-0.3, -0.25) is 4.79 Å². The van der Waals surface area contributed by atoms with Crippen molar-refractivity contribution in [2.45, 2.75) is 50.4 Å². The molecule has 0 aromatic heterocycles. The van der Waals surface area contributed by atoms with E-state index in [9.17, 15) is 4.79 Å². The smallest absolute Gasteiger partial charge is 0.238 e. The van der Waals surface area contributed by atoms with Crippen LogP contribution in [0.1, 0.15) is 38.2 Å². The Labute approximate surface area is 125 Å². The minimum absolute atomic E-state index is 0.104. The molecule has 0 radical (unpaired) electrons. The third-order valence-corrected chi connectivity index (χ3v) is 5.46. The van der Waals surface area contributed by atoms with E-state index in [0.717, 1.165) is 30.9 Å². The maximum Gasteiger partial charge on any atom is 0.238 e. The van der Waals surface area contributed by atoms with Gasteiger partial charge in [-0.25, -0.2) is 0 Å². The van der Waals surface area contributed by atoms with Crippen LogP contribution in [-0.4, -0.2) is 36.6 Å². The number of benzene rings is 1. The van der Waals surface area contributed by atoms with Crippen molar-refractivity contribution in [1.29, 1.82) is 0 Å². The maximum atomic E-state index is 11.9. The highest BCUT2D eigenvalue weighted by Crippen LogP contribution is 2.49. The predicted molar refractivity (Wildman–Crippen MR) is 78.7 cm³/mol. The Kier molecular flexibility index (Phi) is 2.80. The van der Waals surface area contributed by atoms with Crippen LogP contribution in [0.3, 0.4) is 0 Å². The summed E-state index contributed by atoms with van der Waals surface area (Å²) < 4.78 is 11.3. The van der Waals surface area contributed by atoms with Gasteiger partial charge in [0.05, 0.1) is 0 Å². The molecule has 2 heterocycles. The molecule has 21 heavy (non-hydrogen) atoms. The second-order valence-corrected chi connectivity index (χ2v) is 6.61. The van der Waals surface area contributed by atoms with E-state index in [1.165, 1.54) is 5.56 Å². The van der Waals surface area contributed by atoms with Gasteiger partial charge in [-0.05, 0) is 44.1 Å². The Bertz CT molecular complexity index is 600. The van der Waals surface area contributed by atoms with Crippen molar-refractivity contribution in [3.63, 3.8) is 0 Å². The fourth-order valence-corrected chi connectivity index (χ4v) is 4.31. The standard InChI is InChI=1S/C17H21NO3/c1-11-20-14-4-3-12(9-15(14)21-11)17-6-5-13(19)10-16(17)18(2)8-7-17/h3-4,9,11,16H,5-8,10H2,1-2H3/t11-,16+,17+/m1/s1. The number of hydrogen-bond acceptors (Lipinski definition) is 4. The molecule has 4 heteroatoms. The molecule has 1 aromatic rings. The molecule has 0 spiro atoms. The molecule has 2 fully saturated rings. The third-order valence-electron chi connectivity index (χ3n) is 5.46. The first-order valence-corrected chi connectivity index (χ1v) is 7.78. The van der Waals surface area contributed by atoms with Gasteiger partial charge >= 0.3 is 0 Å². The molecule has 4 rings (SSSR count). The first-order chi connectivity index (χ1) is 10.1. The fraction of sp³-hybridized carbons (Fsp3) is 0.588. The van der Waals surface area contributed by atoms with Gasteiger partial charge in [0.1, 0.15) is 5.78 Å². The summed E-state index contributed by atoms with van der Waals surface area (Å²) in [7, 11) is 2.14. The lowest BCUT2D eigenvalue weighted by Gasteiger charge is -2.41. The Morgan fingerprint density at radius 1 is 1.24 bits per heavy atom. The van der Waals surface area contributed by atoms with Crippen molar-refractivity contribution in [2.75, 3.05) is 13.6 Å². The summed E-state index contributed by atoms with van der Waals surface area (Å²) in [5.41, 5.74) is 1.41. The summed E-state index contributed by atoms with van der Waals surface area (Å²) >= 11 is 0. The highest BCUT2D eigenvalue weighted by molar-refractivity contribution is 5.81. The SMILES string of the molecule is C[C@@H]1Oc2ccc([C@@]34CCC(=O)C[C@@H]3N(C)CC4)cc2O1. The van der Waals surface area contributed by atoms with E-state index in [0.29, 0.717) is 24.7 Å². The van der Waals surface area contributed by atoms with Gasteiger partial charge in [0.2, 0.25) is 6.29 Å². The molecule has 1 aromatic carbocycles. The van der Waals surface area contributed by atoms with Crippen LogP contribution in [-0.2, 0) is 10.2 Å². The molecular weight excluding hydrogens is 266 g/mol. The summed E-state index contributed by atoms with van der Waals surface area (Å²) in [6, 6.07) is 6.66. The van der Waals surface area contributed by atoms with Crippen LogP contribution >= 0.6 is 0 Å². The van der Waals surface area contributed by atoms with Gasteiger partial charge in [0.25, 0.3) is 0 Å². The van der Waals surface area contributed by atoms with E-state index in [-0.39, 0.29) is 11.7 Å². The number of ketones is 1. The Morgan fingerprint density at radius 3 is 2.90 bits per heavy atom. The lowest BCUT2D eigenvalue weighted by Crippen LogP contribution is -2.46. The van der Waals surface area contributed by atoms with Crippen molar-refractivity contribution in [3.8, 4) is 11.5 Å². The van der Waals surface area contributed by atoms with E-state index in [4.69, 9.17) is 9.47 Å². The van der Waals surface area contributed by atoms with E-state index in [1.54, 1.807) is 0 Å². The lowest BCUT2D eigenvalue weighted by molar-refractivity contribution is -0.122. The molecular formula is C17H21NO3. The van der Waals surface area contributed by atoms with Crippen LogP contribution in [0.15, 0.2) is 18.2 Å². The number of hydrogen-bond donors (Lipinski definition) is 0. The van der Waals surface area contributed by atoms with Crippen LogP contribution in [0, 0.1) is 0 Å². The van der Waals surface area contributed by atoms with Gasteiger partial charge in [-0.2, -0.15) is 0 Å². The van der Waals surface area contributed by atoms with Crippen LogP contribution in [0.2, 0.25) is 0 Å². The van der Waals surface area contributed by atoms with Crippen molar-refractivity contribution < 1.29 is 14.3 Å². The van der Waals surface area contributed by atoms with Crippen molar-refractivity contribution in [1.82, 2.24) is 4.90 Å². The lowest BCUT2D eigenvalue weighted by atomic mass is 9.66. The average Bonchev–Trinajstić information content (AvgIpc) is 2.99. The summed E-state index contributed by atoms with van der Waals surface area (Å²) in [4.78, 5) is 14.2. The number of likely N-dealkylation sites (N-methyl/N-ethyl adjacent to an activating group) is 1. The number of carbonyl (C=O) groups excluding carboxylic acids is 1. The molecule has 0 N–H and O–H groups in total. The number of likely N-dealkylation sites (tertiary alicyclic amines) is 1. The molecule has 3 aliphatic rings. The highest BCUT2D eigenvalue weighted by Gasteiger charge is 2.50. The largest absolute Gasteiger partial charge is 0.451 e. The predicted octanol–water partition coefficient (Wildman–Crippen LogP) is 2.50. The van der Waals surface area contributed by atoms with Gasteiger partial charge in [-0.15, -0.1) is 0 Å². The fourth-order valence-electron chi connectivity index (χ4n) is 4.31. The topological polar surface area (TPSA) is 38.8 Å². The average molecular weight is 287 g/mol. The van der Waals surface area contributed by atoms with E-state index in [1.807, 2.05) is 13.0 Å². The molecule has 3 atom stereocenters. The van der Waals surface area contributed by atoms with Crippen LogP contribution in [0.25, 0.3) is 0 Å². The summed E-state index contributed by atoms with van der Waals surface area (Å²) in [6.07, 6.45) is 3.26. The number of rotatable bonds is 1. The van der Waals surface area contributed by atoms with Crippen LogP contribution in [0.4, 0.5) is 0 Å². The molecule has 0 amide bonds. The Hall–Kier alpha value is -1.55. The first-order valence-electron chi connectivity index (χ1n) is 7.78. The Morgan fingerprint density at radius 2 is 2.05 bits per heavy atom. The van der Waals surface area contributed by atoms with Gasteiger partial charge in [0.15, 0.2) is 11.5 Å². The van der Waals surface area contributed by atoms with E-state index < -0.39 is 0 Å². The summed E-state index contributed by atoms with van der Waals surface area (Å²) in [5.74, 6) is 2.08. The van der Waals surface area contributed by atoms with Gasteiger partial charge in [-0.1, -0.05) is 6.07 Å². The Balaban J connectivity index is 1.75. The van der Waals surface area contributed by atoms with Crippen molar-refractivity contribution >= 4 is 5.78 Å². The quantitative estimate of drug-likeness (QED) is 0.795. The maximum absolute atomic E-state index is 11.9. The number of carbonyl (C=O) groups is 1. The molecule has 1 aliphatic carbocycles. The zero-order valence-electron chi connectivity index (χ0n) is 12.6. The minimum atomic E-state index is -0.206. The van der Waals surface area contributed by atoms with Crippen LogP contribution < -0.4 is 9.47 Å². The second kappa shape index (κ2) is 4.47. The normalized spacial score (nSPS) is 35.0. The summed E-state index contributed by atoms with van der Waals surface area (Å²) in [5, 5.41) is 0. The molecule has 4 nitrogen and oxygen atoms in total. The number of Topliss-reactive ketones (excluding diaryl/α,β-unsaturated/α-hetero) is 1. The highest BCUT2D eigenvalue weighted by atomic mass is 16.7. The third kappa shape index (κ3) is 1.89. The van der Waals surface area contributed by atoms with Crippen LogP contribution in [0.5, 0.6) is 11.5 Å². The molecule has 1 saturated carbocycles. The molecule has 0 bridgehead atoms. The zero-order valence-corrected chi connectivity index (χ0v) is 12.6. The monoisotopic (exact) mass is 287 g/mol. The second-order valence-electron chi connectivity index (χ2n) is 6.61. The molecule has 1 saturated heterocycles. The molecule has 0 unspecified atom stereocenters. The first kappa shape index (κ1) is 13.1. The van der Waals surface area contributed by atoms with E-state index in [2.05, 4.69) is 24.1 Å². The van der Waals surface area contributed by atoms with Crippen molar-refractivity contribution in [3.05, 3.63) is 23.8 Å². The molecule has 2 aliphatic heterocycles. The minimum Gasteiger partial charge on any atom is -0.451 e. The number of nitrogens with zero attached hydrogens (tertiary/aromatic N) is 1. The molecule has 112 valence electrons. The van der Waals surface area contributed by atoms with Gasteiger partial charge in [0, 0.05) is 31.2 Å². The summed E-state index contributed by atoms with van der Waals surface area (Å²) in [6.45, 7) is 2.96. The van der Waals surface area contributed by atoms with E-state index >= 15 is 0 Å². The number of fused-ring (bicyclic) bond motifs is 2. The number of ether oxygens (including phenoxy) is 2. The van der Waals surface area contributed by atoms with Gasteiger partial charge < -0.3 is 14.4 Å². The van der Waals surface area contributed by atoms with Crippen molar-refractivity contribution in [2.24, 2.45) is 0 Å².